The topological polar surface area (TPSA) is 49.6 Å². The van der Waals surface area contributed by atoms with Crippen LogP contribution in [0.15, 0.2) is 0 Å². The number of likely N-dealkylation sites (N-methyl/N-ethyl adjacent to an activating group) is 1. The Morgan fingerprint density at radius 2 is 1.76 bits per heavy atom. The van der Waals surface area contributed by atoms with Crippen LogP contribution in [0.25, 0.3) is 0 Å². The number of amides is 1. The molecule has 4 nitrogen and oxygen atoms in total. The van der Waals surface area contributed by atoms with Gasteiger partial charge >= 0.3 is 0 Å². The Labute approximate surface area is 105 Å². The number of rotatable bonds is 6. The maximum Gasteiger partial charge on any atom is 0.242 e. The maximum absolute atomic E-state index is 12.5. The van der Waals surface area contributed by atoms with Crippen LogP contribution >= 0.6 is 0 Å². The molecule has 0 radical (unpaired) electrons. The zero-order valence-corrected chi connectivity index (χ0v) is 11.5. The first-order valence-corrected chi connectivity index (χ1v) is 6.72. The smallest absolute Gasteiger partial charge is 0.242 e. The van der Waals surface area contributed by atoms with Crippen LogP contribution in [0.3, 0.4) is 0 Å². The minimum atomic E-state index is -0.568. The van der Waals surface area contributed by atoms with E-state index in [-0.39, 0.29) is 5.91 Å². The van der Waals surface area contributed by atoms with Gasteiger partial charge in [0.2, 0.25) is 5.91 Å². The van der Waals surface area contributed by atoms with Gasteiger partial charge in [0.15, 0.2) is 0 Å². The van der Waals surface area contributed by atoms with Gasteiger partial charge in [0.1, 0.15) is 0 Å². The van der Waals surface area contributed by atoms with E-state index in [0.717, 1.165) is 51.7 Å². The lowest BCUT2D eigenvalue weighted by Crippen LogP contribution is -2.54. The predicted octanol–water partition coefficient (Wildman–Crippen LogP) is 1.06. The highest BCUT2D eigenvalue weighted by Crippen LogP contribution is 2.29. The fourth-order valence-corrected chi connectivity index (χ4v) is 2.44. The SMILES string of the molecule is CCCN(CCN(C)C)C(=O)C1(N)CCCC1. The first-order valence-electron chi connectivity index (χ1n) is 6.72. The van der Waals surface area contributed by atoms with Crippen molar-refractivity contribution in [3.63, 3.8) is 0 Å². The van der Waals surface area contributed by atoms with E-state index in [9.17, 15) is 4.79 Å². The lowest BCUT2D eigenvalue weighted by atomic mass is 9.97. The van der Waals surface area contributed by atoms with Gasteiger partial charge < -0.3 is 15.5 Å². The Morgan fingerprint density at radius 1 is 1.18 bits per heavy atom. The lowest BCUT2D eigenvalue weighted by molar-refractivity contribution is -0.137. The molecular formula is C13H27N3O. The van der Waals surface area contributed by atoms with Crippen molar-refractivity contribution >= 4 is 5.91 Å². The molecule has 0 aromatic carbocycles. The normalized spacial score (nSPS) is 18.6. The zero-order valence-electron chi connectivity index (χ0n) is 11.5. The number of hydrogen-bond donors (Lipinski definition) is 1. The van der Waals surface area contributed by atoms with Crippen LogP contribution in [0.4, 0.5) is 0 Å². The predicted molar refractivity (Wildman–Crippen MR) is 70.8 cm³/mol. The van der Waals surface area contributed by atoms with E-state index in [1.165, 1.54) is 0 Å². The fourth-order valence-electron chi connectivity index (χ4n) is 2.44. The van der Waals surface area contributed by atoms with Gasteiger partial charge in [0, 0.05) is 19.6 Å². The Hall–Kier alpha value is -0.610. The highest BCUT2D eigenvalue weighted by Gasteiger charge is 2.39. The van der Waals surface area contributed by atoms with Crippen molar-refractivity contribution in [1.82, 2.24) is 9.80 Å². The van der Waals surface area contributed by atoms with E-state index in [1.54, 1.807) is 0 Å². The first-order chi connectivity index (χ1) is 7.99. The molecule has 0 saturated heterocycles. The molecule has 1 saturated carbocycles. The summed E-state index contributed by atoms with van der Waals surface area (Å²) in [5, 5.41) is 0. The molecule has 0 unspecified atom stereocenters. The molecule has 0 bridgehead atoms. The summed E-state index contributed by atoms with van der Waals surface area (Å²) in [6.07, 6.45) is 4.89. The molecule has 1 aliphatic rings. The average molecular weight is 241 g/mol. The summed E-state index contributed by atoms with van der Waals surface area (Å²) in [7, 11) is 4.06. The van der Waals surface area contributed by atoms with E-state index in [1.807, 2.05) is 19.0 Å². The lowest BCUT2D eigenvalue weighted by Gasteiger charge is -2.32. The van der Waals surface area contributed by atoms with Crippen molar-refractivity contribution in [2.24, 2.45) is 5.73 Å². The Morgan fingerprint density at radius 3 is 2.24 bits per heavy atom. The summed E-state index contributed by atoms with van der Waals surface area (Å²) < 4.78 is 0. The van der Waals surface area contributed by atoms with E-state index in [0.29, 0.717) is 0 Å². The molecule has 1 amide bonds. The Bertz CT molecular complexity index is 247. The van der Waals surface area contributed by atoms with Gasteiger partial charge in [0.25, 0.3) is 0 Å². The van der Waals surface area contributed by atoms with E-state index in [2.05, 4.69) is 11.8 Å². The van der Waals surface area contributed by atoms with E-state index in [4.69, 9.17) is 5.73 Å². The third-order valence-corrected chi connectivity index (χ3v) is 3.52. The molecule has 17 heavy (non-hydrogen) atoms. The van der Waals surface area contributed by atoms with Crippen molar-refractivity contribution in [2.45, 2.75) is 44.6 Å². The van der Waals surface area contributed by atoms with Crippen LogP contribution in [0.5, 0.6) is 0 Å². The standard InChI is InChI=1S/C13H27N3O/c1-4-9-16(11-10-15(2)3)12(17)13(14)7-5-6-8-13/h4-11,14H2,1-3H3. The minimum absolute atomic E-state index is 0.165. The van der Waals surface area contributed by atoms with Gasteiger partial charge in [-0.05, 0) is 33.4 Å². The Kier molecular flexibility index (Phi) is 5.40. The molecular weight excluding hydrogens is 214 g/mol. The number of carbonyl (C=O) groups excluding carboxylic acids is 1. The monoisotopic (exact) mass is 241 g/mol. The van der Waals surface area contributed by atoms with Crippen molar-refractivity contribution in [3.8, 4) is 0 Å². The van der Waals surface area contributed by atoms with Crippen LogP contribution in [-0.2, 0) is 4.79 Å². The Balaban J connectivity index is 2.59. The summed E-state index contributed by atoms with van der Waals surface area (Å²) in [6, 6.07) is 0. The first kappa shape index (κ1) is 14.5. The number of hydrogen-bond acceptors (Lipinski definition) is 3. The second kappa shape index (κ2) is 6.36. The van der Waals surface area contributed by atoms with Crippen LogP contribution in [-0.4, -0.2) is 55.0 Å². The second-order valence-corrected chi connectivity index (χ2v) is 5.46. The molecule has 0 aliphatic heterocycles. The molecule has 1 fully saturated rings. The molecule has 0 aromatic rings. The maximum atomic E-state index is 12.5. The summed E-state index contributed by atoms with van der Waals surface area (Å²) in [4.78, 5) is 16.5. The molecule has 2 N–H and O–H groups in total. The van der Waals surface area contributed by atoms with Gasteiger partial charge in [-0.2, -0.15) is 0 Å². The van der Waals surface area contributed by atoms with E-state index < -0.39 is 5.54 Å². The largest absolute Gasteiger partial charge is 0.340 e. The van der Waals surface area contributed by atoms with Crippen molar-refractivity contribution in [3.05, 3.63) is 0 Å². The highest BCUT2D eigenvalue weighted by molar-refractivity contribution is 5.86. The summed E-state index contributed by atoms with van der Waals surface area (Å²) in [5.74, 6) is 0.165. The number of carbonyl (C=O) groups is 1. The number of nitrogens with two attached hydrogens (primary N) is 1. The van der Waals surface area contributed by atoms with Gasteiger partial charge in [-0.15, -0.1) is 0 Å². The van der Waals surface area contributed by atoms with Crippen molar-refractivity contribution in [1.29, 1.82) is 0 Å². The second-order valence-electron chi connectivity index (χ2n) is 5.46. The summed E-state index contributed by atoms with van der Waals surface area (Å²) >= 11 is 0. The van der Waals surface area contributed by atoms with Crippen LogP contribution in [0, 0.1) is 0 Å². The van der Waals surface area contributed by atoms with E-state index >= 15 is 0 Å². The fraction of sp³-hybridized carbons (Fsp3) is 0.923. The third-order valence-electron chi connectivity index (χ3n) is 3.52. The van der Waals surface area contributed by atoms with Crippen LogP contribution in [0.2, 0.25) is 0 Å². The molecule has 0 spiro atoms. The summed E-state index contributed by atoms with van der Waals surface area (Å²) in [6.45, 7) is 4.62. The van der Waals surface area contributed by atoms with Crippen LogP contribution < -0.4 is 5.73 Å². The molecule has 4 heteroatoms. The zero-order chi connectivity index (χ0) is 12.9. The minimum Gasteiger partial charge on any atom is -0.340 e. The van der Waals surface area contributed by atoms with Crippen molar-refractivity contribution in [2.75, 3.05) is 33.7 Å². The summed E-state index contributed by atoms with van der Waals surface area (Å²) in [5.41, 5.74) is 5.67. The average Bonchev–Trinajstić information content (AvgIpc) is 2.71. The molecule has 0 heterocycles. The third kappa shape index (κ3) is 3.96. The quantitative estimate of drug-likeness (QED) is 0.756. The van der Waals surface area contributed by atoms with Gasteiger partial charge in [-0.1, -0.05) is 19.8 Å². The van der Waals surface area contributed by atoms with Crippen molar-refractivity contribution < 1.29 is 4.79 Å². The molecule has 0 atom stereocenters. The molecule has 1 rings (SSSR count). The molecule has 0 aromatic heterocycles. The highest BCUT2D eigenvalue weighted by atomic mass is 16.2. The van der Waals surface area contributed by atoms with Gasteiger partial charge in [-0.25, -0.2) is 0 Å². The molecule has 1 aliphatic carbocycles. The number of nitrogens with zero attached hydrogens (tertiary/aromatic N) is 2. The van der Waals surface area contributed by atoms with Gasteiger partial charge in [-0.3, -0.25) is 4.79 Å². The van der Waals surface area contributed by atoms with Crippen LogP contribution in [0.1, 0.15) is 39.0 Å². The van der Waals surface area contributed by atoms with Gasteiger partial charge in [0.05, 0.1) is 5.54 Å². The molecule has 100 valence electrons.